The predicted molar refractivity (Wildman–Crippen MR) is 101 cm³/mol. The summed E-state index contributed by atoms with van der Waals surface area (Å²) in [5.41, 5.74) is 1.21. The number of nitrogens with one attached hydrogen (secondary N) is 3. The molecule has 29 heavy (non-hydrogen) atoms. The van der Waals surface area contributed by atoms with Crippen molar-refractivity contribution in [1.29, 1.82) is 0 Å². The smallest absolute Gasteiger partial charge is 0.422 e. The second-order valence-electron chi connectivity index (χ2n) is 6.39. The van der Waals surface area contributed by atoms with Gasteiger partial charge >= 0.3 is 12.2 Å². The highest BCUT2D eigenvalue weighted by Gasteiger charge is 2.29. The number of benzene rings is 1. The molecule has 0 aliphatic rings. The van der Waals surface area contributed by atoms with Crippen LogP contribution in [-0.2, 0) is 6.54 Å². The number of hydrogen-bond acceptors (Lipinski definition) is 4. The van der Waals surface area contributed by atoms with Crippen molar-refractivity contribution in [3.05, 3.63) is 53.7 Å². The summed E-state index contributed by atoms with van der Waals surface area (Å²) in [4.78, 5) is 27.6. The third kappa shape index (κ3) is 7.68. The number of aromatic nitrogens is 1. The van der Waals surface area contributed by atoms with Gasteiger partial charge in [0.1, 0.15) is 5.56 Å². The standard InChI is InChI=1S/C19H21F3N4O3/c1-12(2)25-18(28)26-14-7-5-13(6-8-14)10-24-16(27)15-4-3-9-23-17(15)29-11-19(20,21)22/h3-9,12H,10-11H2,1-2H3,(H,24,27)(H2,25,26,28). The number of carbonyl (C=O) groups is 2. The average Bonchev–Trinajstić information content (AvgIpc) is 2.64. The van der Waals surface area contributed by atoms with Crippen LogP contribution < -0.4 is 20.7 Å². The lowest BCUT2D eigenvalue weighted by molar-refractivity contribution is -0.154. The molecular formula is C19H21F3N4O3. The molecule has 2 rings (SSSR count). The van der Waals surface area contributed by atoms with Gasteiger partial charge in [0.25, 0.3) is 5.91 Å². The first kappa shape index (κ1) is 22.0. The van der Waals surface area contributed by atoms with Crippen LogP contribution in [0.2, 0.25) is 0 Å². The molecule has 3 amide bonds. The molecule has 0 saturated heterocycles. The zero-order valence-electron chi connectivity index (χ0n) is 15.8. The van der Waals surface area contributed by atoms with Crippen LogP contribution in [0.3, 0.4) is 0 Å². The average molecular weight is 410 g/mol. The number of urea groups is 1. The summed E-state index contributed by atoms with van der Waals surface area (Å²) in [6.45, 7) is 2.27. The van der Waals surface area contributed by atoms with Gasteiger partial charge in [0.05, 0.1) is 0 Å². The molecule has 1 heterocycles. The molecule has 0 bridgehead atoms. The van der Waals surface area contributed by atoms with E-state index < -0.39 is 24.6 Å². The molecule has 7 nitrogen and oxygen atoms in total. The lowest BCUT2D eigenvalue weighted by Crippen LogP contribution is -2.34. The minimum absolute atomic E-state index is 0.00182. The van der Waals surface area contributed by atoms with Gasteiger partial charge in [-0.3, -0.25) is 4.79 Å². The molecule has 10 heteroatoms. The van der Waals surface area contributed by atoms with Crippen molar-refractivity contribution in [2.24, 2.45) is 0 Å². The van der Waals surface area contributed by atoms with Gasteiger partial charge in [-0.2, -0.15) is 13.2 Å². The molecule has 0 aliphatic carbocycles. The number of amides is 3. The number of anilines is 1. The van der Waals surface area contributed by atoms with E-state index in [-0.39, 0.29) is 24.2 Å². The van der Waals surface area contributed by atoms with Crippen molar-refractivity contribution in [1.82, 2.24) is 15.6 Å². The third-order valence-corrected chi connectivity index (χ3v) is 3.47. The fraction of sp³-hybridized carbons (Fsp3) is 0.316. The molecule has 0 unspecified atom stereocenters. The zero-order valence-corrected chi connectivity index (χ0v) is 15.8. The van der Waals surface area contributed by atoms with Gasteiger partial charge in [-0.1, -0.05) is 12.1 Å². The Balaban J connectivity index is 1.93. The maximum absolute atomic E-state index is 12.3. The summed E-state index contributed by atoms with van der Waals surface area (Å²) in [6.07, 6.45) is -3.29. The molecule has 0 atom stereocenters. The van der Waals surface area contributed by atoms with E-state index in [2.05, 4.69) is 25.7 Å². The Bertz CT molecular complexity index is 839. The van der Waals surface area contributed by atoms with E-state index in [1.807, 2.05) is 13.8 Å². The van der Waals surface area contributed by atoms with Gasteiger partial charge in [-0.05, 0) is 43.7 Å². The number of ether oxygens (including phenoxy) is 1. The van der Waals surface area contributed by atoms with Gasteiger partial charge in [0.2, 0.25) is 5.88 Å². The minimum atomic E-state index is -4.53. The van der Waals surface area contributed by atoms with E-state index in [1.54, 1.807) is 24.3 Å². The molecule has 0 radical (unpaired) electrons. The lowest BCUT2D eigenvalue weighted by Gasteiger charge is -2.12. The lowest BCUT2D eigenvalue weighted by atomic mass is 10.2. The predicted octanol–water partition coefficient (Wildman–Crippen LogP) is 3.48. The Morgan fingerprint density at radius 3 is 2.45 bits per heavy atom. The third-order valence-electron chi connectivity index (χ3n) is 3.47. The Morgan fingerprint density at radius 2 is 1.83 bits per heavy atom. The molecular weight excluding hydrogens is 389 g/mol. The topological polar surface area (TPSA) is 92.4 Å². The summed E-state index contributed by atoms with van der Waals surface area (Å²) in [7, 11) is 0. The molecule has 0 saturated carbocycles. The van der Waals surface area contributed by atoms with Gasteiger partial charge in [-0.15, -0.1) is 0 Å². The van der Waals surface area contributed by atoms with E-state index in [4.69, 9.17) is 0 Å². The maximum Gasteiger partial charge on any atom is 0.422 e. The summed E-state index contributed by atoms with van der Waals surface area (Å²) in [5.74, 6) is -1.01. The fourth-order valence-corrected chi connectivity index (χ4v) is 2.24. The zero-order chi connectivity index (χ0) is 21.4. The Labute approximate surface area is 165 Å². The number of carbonyl (C=O) groups excluding carboxylic acids is 2. The van der Waals surface area contributed by atoms with Crippen molar-refractivity contribution in [3.63, 3.8) is 0 Å². The van der Waals surface area contributed by atoms with Crippen molar-refractivity contribution < 1.29 is 27.5 Å². The largest absolute Gasteiger partial charge is 0.467 e. The number of rotatable bonds is 7. The van der Waals surface area contributed by atoms with E-state index in [1.165, 1.54) is 18.3 Å². The van der Waals surface area contributed by atoms with Crippen molar-refractivity contribution >= 4 is 17.6 Å². The van der Waals surface area contributed by atoms with Crippen LogP contribution in [0.5, 0.6) is 5.88 Å². The number of pyridine rings is 1. The summed E-state index contributed by atoms with van der Waals surface area (Å²) < 4.78 is 41.6. The van der Waals surface area contributed by atoms with Gasteiger partial charge < -0.3 is 20.7 Å². The van der Waals surface area contributed by atoms with Crippen molar-refractivity contribution in [3.8, 4) is 5.88 Å². The normalized spacial score (nSPS) is 11.1. The first-order chi connectivity index (χ1) is 13.6. The van der Waals surface area contributed by atoms with E-state index in [0.717, 1.165) is 5.56 Å². The second kappa shape index (κ2) is 9.76. The Morgan fingerprint density at radius 1 is 1.14 bits per heavy atom. The van der Waals surface area contributed by atoms with Crippen LogP contribution in [0.25, 0.3) is 0 Å². The van der Waals surface area contributed by atoms with Crippen LogP contribution in [0.4, 0.5) is 23.7 Å². The molecule has 1 aromatic carbocycles. The van der Waals surface area contributed by atoms with Crippen molar-refractivity contribution in [2.75, 3.05) is 11.9 Å². The van der Waals surface area contributed by atoms with E-state index in [9.17, 15) is 22.8 Å². The highest BCUT2D eigenvalue weighted by Crippen LogP contribution is 2.20. The van der Waals surface area contributed by atoms with E-state index >= 15 is 0 Å². The molecule has 156 valence electrons. The number of halogens is 3. The van der Waals surface area contributed by atoms with Gasteiger partial charge in [0, 0.05) is 24.5 Å². The minimum Gasteiger partial charge on any atom is -0.467 e. The first-order valence-electron chi connectivity index (χ1n) is 8.73. The summed E-state index contributed by atoms with van der Waals surface area (Å²) >= 11 is 0. The van der Waals surface area contributed by atoms with Crippen molar-refractivity contribution in [2.45, 2.75) is 32.6 Å². The molecule has 3 N–H and O–H groups in total. The fourth-order valence-electron chi connectivity index (χ4n) is 2.24. The molecule has 1 aromatic heterocycles. The molecule has 0 aliphatic heterocycles. The van der Waals surface area contributed by atoms with Gasteiger partial charge in [-0.25, -0.2) is 9.78 Å². The quantitative estimate of drug-likeness (QED) is 0.652. The van der Waals surface area contributed by atoms with E-state index in [0.29, 0.717) is 5.69 Å². The van der Waals surface area contributed by atoms with Crippen LogP contribution in [0.1, 0.15) is 29.8 Å². The highest BCUT2D eigenvalue weighted by atomic mass is 19.4. The highest BCUT2D eigenvalue weighted by molar-refractivity contribution is 5.96. The number of hydrogen-bond donors (Lipinski definition) is 3. The van der Waals surface area contributed by atoms with Crippen LogP contribution in [0, 0.1) is 0 Å². The molecule has 0 spiro atoms. The molecule has 2 aromatic rings. The Kier molecular flexibility index (Phi) is 7.40. The number of nitrogens with zero attached hydrogens (tertiary/aromatic N) is 1. The van der Waals surface area contributed by atoms with Crippen LogP contribution >= 0.6 is 0 Å². The first-order valence-corrected chi connectivity index (χ1v) is 8.73. The second-order valence-corrected chi connectivity index (χ2v) is 6.39. The maximum atomic E-state index is 12.3. The SMILES string of the molecule is CC(C)NC(=O)Nc1ccc(CNC(=O)c2cccnc2OCC(F)(F)F)cc1. The summed E-state index contributed by atoms with van der Waals surface area (Å²) in [6, 6.07) is 9.18. The number of alkyl halides is 3. The molecule has 0 fully saturated rings. The van der Waals surface area contributed by atoms with Crippen LogP contribution in [0.15, 0.2) is 42.6 Å². The Hall–Kier alpha value is -3.30. The monoisotopic (exact) mass is 410 g/mol. The van der Waals surface area contributed by atoms with Crippen LogP contribution in [-0.4, -0.2) is 35.7 Å². The summed E-state index contributed by atoms with van der Waals surface area (Å²) in [5, 5.41) is 7.96. The van der Waals surface area contributed by atoms with Gasteiger partial charge in [0.15, 0.2) is 6.61 Å².